The van der Waals surface area contributed by atoms with Crippen molar-refractivity contribution in [3.05, 3.63) is 96.4 Å². The zero-order chi connectivity index (χ0) is 23.8. The van der Waals surface area contributed by atoms with E-state index in [-0.39, 0.29) is 12.5 Å². The SMILES string of the molecule is O=C(O)COc1cccc(CC(CCCO)c2nc(-c3ccccc3)c(-c3ccccc3)o2)c1. The van der Waals surface area contributed by atoms with Crippen LogP contribution in [0.5, 0.6) is 5.75 Å². The van der Waals surface area contributed by atoms with E-state index >= 15 is 0 Å². The van der Waals surface area contributed by atoms with Crippen molar-refractivity contribution in [3.63, 3.8) is 0 Å². The minimum absolute atomic E-state index is 0.0678. The smallest absolute Gasteiger partial charge is 0.341 e. The van der Waals surface area contributed by atoms with Gasteiger partial charge in [0.1, 0.15) is 11.4 Å². The molecule has 3 aromatic carbocycles. The summed E-state index contributed by atoms with van der Waals surface area (Å²) in [7, 11) is 0. The van der Waals surface area contributed by atoms with E-state index in [1.807, 2.05) is 78.9 Å². The molecule has 1 atom stereocenters. The second-order valence-electron chi connectivity index (χ2n) is 8.06. The predicted octanol–water partition coefficient (Wildman–Crippen LogP) is 5.57. The van der Waals surface area contributed by atoms with Crippen LogP contribution in [0.4, 0.5) is 0 Å². The quantitative estimate of drug-likeness (QED) is 0.306. The van der Waals surface area contributed by atoms with Crippen molar-refractivity contribution in [2.75, 3.05) is 13.2 Å². The number of aliphatic carboxylic acids is 1. The summed E-state index contributed by atoms with van der Waals surface area (Å²) < 4.78 is 11.7. The van der Waals surface area contributed by atoms with Gasteiger partial charge in [0.2, 0.25) is 0 Å². The van der Waals surface area contributed by atoms with E-state index in [0.717, 1.165) is 22.4 Å². The number of aliphatic hydroxyl groups excluding tert-OH is 1. The Bertz CT molecular complexity index is 1150. The van der Waals surface area contributed by atoms with Gasteiger partial charge < -0.3 is 19.4 Å². The summed E-state index contributed by atoms with van der Waals surface area (Å²) in [6.07, 6.45) is 1.93. The molecular formula is C28H27NO5. The lowest BCUT2D eigenvalue weighted by Gasteiger charge is -2.14. The number of carboxylic acids is 1. The summed E-state index contributed by atoms with van der Waals surface area (Å²) in [5, 5.41) is 18.4. The molecule has 0 aliphatic rings. The first-order chi connectivity index (χ1) is 16.6. The minimum atomic E-state index is -1.02. The molecule has 0 fully saturated rings. The first-order valence-electron chi connectivity index (χ1n) is 11.3. The average molecular weight is 458 g/mol. The van der Waals surface area contributed by atoms with Gasteiger partial charge in [-0.3, -0.25) is 0 Å². The summed E-state index contributed by atoms with van der Waals surface area (Å²) in [5.41, 5.74) is 3.69. The van der Waals surface area contributed by atoms with Crippen LogP contribution in [-0.2, 0) is 11.2 Å². The first-order valence-corrected chi connectivity index (χ1v) is 11.3. The lowest BCUT2D eigenvalue weighted by Crippen LogP contribution is -2.10. The molecule has 1 aromatic heterocycles. The summed E-state index contributed by atoms with van der Waals surface area (Å²) >= 11 is 0. The van der Waals surface area contributed by atoms with Crippen molar-refractivity contribution in [1.29, 1.82) is 0 Å². The van der Waals surface area contributed by atoms with Crippen LogP contribution < -0.4 is 4.74 Å². The van der Waals surface area contributed by atoms with E-state index in [9.17, 15) is 9.90 Å². The Morgan fingerprint density at radius 2 is 1.65 bits per heavy atom. The Kier molecular flexibility index (Phi) is 7.73. The normalized spacial score (nSPS) is 11.8. The van der Waals surface area contributed by atoms with Gasteiger partial charge in [-0.15, -0.1) is 0 Å². The number of aliphatic hydroxyl groups is 1. The van der Waals surface area contributed by atoms with Crippen molar-refractivity contribution in [2.45, 2.75) is 25.2 Å². The van der Waals surface area contributed by atoms with Gasteiger partial charge in [-0.25, -0.2) is 9.78 Å². The highest BCUT2D eigenvalue weighted by molar-refractivity contribution is 5.76. The lowest BCUT2D eigenvalue weighted by molar-refractivity contribution is -0.139. The van der Waals surface area contributed by atoms with Crippen LogP contribution in [0.3, 0.4) is 0 Å². The van der Waals surface area contributed by atoms with Gasteiger partial charge >= 0.3 is 5.97 Å². The van der Waals surface area contributed by atoms with Gasteiger partial charge in [0, 0.05) is 23.7 Å². The van der Waals surface area contributed by atoms with Crippen molar-refractivity contribution in [3.8, 4) is 28.3 Å². The fraction of sp³-hybridized carbons (Fsp3) is 0.214. The molecule has 0 saturated carbocycles. The van der Waals surface area contributed by atoms with Gasteiger partial charge in [-0.05, 0) is 37.0 Å². The van der Waals surface area contributed by atoms with Crippen molar-refractivity contribution in [1.82, 2.24) is 4.98 Å². The largest absolute Gasteiger partial charge is 0.482 e. The molecular weight excluding hydrogens is 430 g/mol. The fourth-order valence-corrected chi connectivity index (χ4v) is 3.93. The van der Waals surface area contributed by atoms with E-state index < -0.39 is 12.6 Å². The molecule has 2 N–H and O–H groups in total. The Morgan fingerprint density at radius 3 is 2.32 bits per heavy atom. The van der Waals surface area contributed by atoms with Gasteiger partial charge in [-0.2, -0.15) is 0 Å². The maximum atomic E-state index is 10.8. The molecule has 0 radical (unpaired) electrons. The van der Waals surface area contributed by atoms with Gasteiger partial charge in [-0.1, -0.05) is 72.8 Å². The zero-order valence-electron chi connectivity index (χ0n) is 18.8. The second kappa shape index (κ2) is 11.3. The fourth-order valence-electron chi connectivity index (χ4n) is 3.93. The van der Waals surface area contributed by atoms with E-state index in [4.69, 9.17) is 19.2 Å². The van der Waals surface area contributed by atoms with Crippen LogP contribution >= 0.6 is 0 Å². The monoisotopic (exact) mass is 457 g/mol. The van der Waals surface area contributed by atoms with Crippen LogP contribution in [0.25, 0.3) is 22.6 Å². The number of carboxylic acid groups (broad SMARTS) is 1. The molecule has 6 heteroatoms. The molecule has 6 nitrogen and oxygen atoms in total. The predicted molar refractivity (Wildman–Crippen MR) is 130 cm³/mol. The molecule has 0 aliphatic heterocycles. The van der Waals surface area contributed by atoms with Crippen molar-refractivity contribution >= 4 is 5.97 Å². The lowest BCUT2D eigenvalue weighted by atomic mass is 9.94. The summed E-state index contributed by atoms with van der Waals surface area (Å²) in [4.78, 5) is 15.8. The van der Waals surface area contributed by atoms with Crippen molar-refractivity contribution < 1.29 is 24.2 Å². The number of aromatic nitrogens is 1. The third-order valence-electron chi connectivity index (χ3n) is 5.53. The first kappa shape index (κ1) is 23.3. The highest BCUT2D eigenvalue weighted by atomic mass is 16.5. The molecule has 34 heavy (non-hydrogen) atoms. The number of hydrogen-bond acceptors (Lipinski definition) is 5. The number of benzene rings is 3. The Hall–Kier alpha value is -3.90. The number of ether oxygens (including phenoxy) is 1. The second-order valence-corrected chi connectivity index (χ2v) is 8.06. The van der Waals surface area contributed by atoms with Crippen LogP contribution in [-0.4, -0.2) is 34.4 Å². The molecule has 0 bridgehead atoms. The van der Waals surface area contributed by atoms with Crippen molar-refractivity contribution in [2.24, 2.45) is 0 Å². The van der Waals surface area contributed by atoms with E-state index in [1.54, 1.807) is 6.07 Å². The highest BCUT2D eigenvalue weighted by Gasteiger charge is 2.23. The molecule has 4 aromatic rings. The summed E-state index contributed by atoms with van der Waals surface area (Å²) in [6, 6.07) is 27.3. The van der Waals surface area contributed by atoms with Crippen LogP contribution in [0.1, 0.15) is 30.2 Å². The number of hydrogen-bond donors (Lipinski definition) is 2. The Balaban J connectivity index is 1.68. The van der Waals surface area contributed by atoms with Gasteiger partial charge in [0.25, 0.3) is 0 Å². The molecule has 1 heterocycles. The Labute approximate surface area is 198 Å². The third-order valence-corrected chi connectivity index (χ3v) is 5.53. The number of rotatable bonds is 11. The highest BCUT2D eigenvalue weighted by Crippen LogP contribution is 2.37. The van der Waals surface area contributed by atoms with E-state index in [1.165, 1.54) is 0 Å². The molecule has 0 saturated heterocycles. The van der Waals surface area contributed by atoms with Crippen LogP contribution in [0.2, 0.25) is 0 Å². The minimum Gasteiger partial charge on any atom is -0.482 e. The average Bonchev–Trinajstić information content (AvgIpc) is 3.32. The standard InChI is InChI=1S/C28H27NO5/c30-16-8-14-23(17-20-9-7-15-24(18-20)33-19-25(31)32)28-29-26(21-10-3-1-4-11-21)27(34-28)22-12-5-2-6-13-22/h1-7,9-13,15,18,23,30H,8,14,16-17,19H2,(H,31,32). The zero-order valence-corrected chi connectivity index (χ0v) is 18.8. The number of nitrogens with zero attached hydrogens (tertiary/aromatic N) is 1. The van der Waals surface area contributed by atoms with E-state index in [0.29, 0.717) is 36.7 Å². The van der Waals surface area contributed by atoms with Crippen LogP contribution in [0, 0.1) is 0 Å². The molecule has 174 valence electrons. The number of carbonyl (C=O) groups is 1. The topological polar surface area (TPSA) is 92.8 Å². The maximum absolute atomic E-state index is 10.8. The molecule has 1 unspecified atom stereocenters. The molecule has 0 amide bonds. The molecule has 0 aliphatic carbocycles. The third kappa shape index (κ3) is 5.91. The summed E-state index contributed by atoms with van der Waals surface area (Å²) in [6.45, 7) is -0.311. The molecule has 4 rings (SSSR count). The maximum Gasteiger partial charge on any atom is 0.341 e. The van der Waals surface area contributed by atoms with E-state index in [2.05, 4.69) is 0 Å². The van der Waals surface area contributed by atoms with Gasteiger partial charge in [0.05, 0.1) is 0 Å². The Morgan fingerprint density at radius 1 is 0.941 bits per heavy atom. The van der Waals surface area contributed by atoms with Gasteiger partial charge in [0.15, 0.2) is 18.3 Å². The molecule has 0 spiro atoms. The number of oxazole rings is 1. The van der Waals surface area contributed by atoms with Crippen LogP contribution in [0.15, 0.2) is 89.3 Å². The summed E-state index contributed by atoms with van der Waals surface area (Å²) in [5.74, 6) is 0.746.